The number of hydrogen-bond donors (Lipinski definition) is 1. The first-order chi connectivity index (χ1) is 14.8. The van der Waals surface area contributed by atoms with Gasteiger partial charge in [-0.3, -0.25) is 9.48 Å². The molecule has 10 heteroatoms. The third-order valence-electron chi connectivity index (χ3n) is 6.16. The molecule has 1 saturated carbocycles. The fraction of sp³-hybridized carbons (Fsp3) is 0.476. The van der Waals surface area contributed by atoms with E-state index in [-0.39, 0.29) is 35.1 Å². The molecule has 8 nitrogen and oxygen atoms in total. The number of likely N-dealkylation sites (N-methyl/N-ethyl adjacent to an activating group) is 1. The fourth-order valence-electron chi connectivity index (χ4n) is 4.01. The SMILES string of the molecule is COCC1(N(C)C(=O)c2cnn3c2CN(C(=O)Nc2ccc(F)c(Cl)c2)C(C)C3)CC1. The Morgan fingerprint density at radius 3 is 2.81 bits per heavy atom. The van der Waals surface area contributed by atoms with Gasteiger partial charge in [-0.2, -0.15) is 5.10 Å². The molecule has 2 aromatic rings. The molecule has 0 bridgehead atoms. The van der Waals surface area contributed by atoms with Crippen LogP contribution in [0.5, 0.6) is 0 Å². The van der Waals surface area contributed by atoms with Crippen molar-refractivity contribution in [2.45, 2.75) is 44.4 Å². The van der Waals surface area contributed by atoms with Gasteiger partial charge in [-0.05, 0) is 38.0 Å². The summed E-state index contributed by atoms with van der Waals surface area (Å²) in [6.45, 7) is 3.10. The van der Waals surface area contributed by atoms with Crippen molar-refractivity contribution < 1.29 is 18.7 Å². The maximum absolute atomic E-state index is 13.4. The van der Waals surface area contributed by atoms with Crippen LogP contribution in [0.4, 0.5) is 14.9 Å². The van der Waals surface area contributed by atoms with Crippen LogP contribution < -0.4 is 5.32 Å². The Balaban J connectivity index is 1.52. The number of hydrogen-bond acceptors (Lipinski definition) is 4. The molecule has 1 aliphatic carbocycles. The van der Waals surface area contributed by atoms with Gasteiger partial charge in [0.2, 0.25) is 0 Å². The zero-order chi connectivity index (χ0) is 22.3. The van der Waals surface area contributed by atoms with Gasteiger partial charge in [0.15, 0.2) is 0 Å². The van der Waals surface area contributed by atoms with E-state index in [0.29, 0.717) is 30.1 Å². The lowest BCUT2D eigenvalue weighted by Crippen LogP contribution is -2.48. The molecule has 1 aromatic carbocycles. The van der Waals surface area contributed by atoms with E-state index in [4.69, 9.17) is 16.3 Å². The maximum atomic E-state index is 13.4. The van der Waals surface area contributed by atoms with E-state index >= 15 is 0 Å². The van der Waals surface area contributed by atoms with E-state index in [2.05, 4.69) is 10.4 Å². The smallest absolute Gasteiger partial charge is 0.322 e. The highest BCUT2D eigenvalue weighted by atomic mass is 35.5. The Labute approximate surface area is 184 Å². The number of aromatic nitrogens is 2. The van der Waals surface area contributed by atoms with Crippen LogP contribution in [-0.4, -0.2) is 63.9 Å². The summed E-state index contributed by atoms with van der Waals surface area (Å²) >= 11 is 5.81. The molecule has 1 fully saturated rings. The number of halogens is 2. The minimum Gasteiger partial charge on any atom is -0.382 e. The standard InChI is InChI=1S/C21H25ClFN5O3/c1-13-10-28-18(11-27(13)20(30)25-14-4-5-17(23)16(22)8-14)15(9-24-28)19(29)26(2)21(6-7-21)12-31-3/h4-5,8-9,13H,6-7,10-12H2,1-3H3,(H,25,30). The zero-order valence-electron chi connectivity index (χ0n) is 17.7. The number of urea groups is 1. The normalized spacial score (nSPS) is 19.0. The Hall–Kier alpha value is -2.65. The van der Waals surface area contributed by atoms with E-state index in [1.165, 1.54) is 18.2 Å². The van der Waals surface area contributed by atoms with Crippen LogP contribution in [-0.2, 0) is 17.8 Å². The van der Waals surface area contributed by atoms with Crippen molar-refractivity contribution in [1.29, 1.82) is 0 Å². The number of ether oxygens (including phenoxy) is 1. The second-order valence-electron chi connectivity index (χ2n) is 8.24. The molecule has 2 aliphatic rings. The quantitative estimate of drug-likeness (QED) is 0.759. The average molecular weight is 450 g/mol. The highest BCUT2D eigenvalue weighted by Gasteiger charge is 2.49. The Bertz CT molecular complexity index is 1020. The minimum atomic E-state index is -0.552. The Kier molecular flexibility index (Phi) is 5.65. The van der Waals surface area contributed by atoms with E-state index in [9.17, 15) is 14.0 Å². The maximum Gasteiger partial charge on any atom is 0.322 e. The molecule has 3 amide bonds. The first kappa shape index (κ1) is 21.6. The molecule has 166 valence electrons. The second-order valence-corrected chi connectivity index (χ2v) is 8.65. The first-order valence-corrected chi connectivity index (χ1v) is 10.5. The molecule has 0 radical (unpaired) electrons. The number of rotatable bonds is 5. The van der Waals surface area contributed by atoms with Crippen LogP contribution in [0.3, 0.4) is 0 Å². The van der Waals surface area contributed by atoms with Gasteiger partial charge >= 0.3 is 6.03 Å². The number of carbonyl (C=O) groups excluding carboxylic acids is 2. The van der Waals surface area contributed by atoms with Crippen molar-refractivity contribution in [2.75, 3.05) is 26.1 Å². The summed E-state index contributed by atoms with van der Waals surface area (Å²) in [7, 11) is 3.42. The van der Waals surface area contributed by atoms with E-state index in [1.807, 2.05) is 6.92 Å². The second kappa shape index (κ2) is 8.12. The number of anilines is 1. The number of amides is 3. The molecule has 0 saturated heterocycles. The van der Waals surface area contributed by atoms with Gasteiger partial charge in [-0.25, -0.2) is 9.18 Å². The third kappa shape index (κ3) is 3.99. The molecule has 31 heavy (non-hydrogen) atoms. The highest BCUT2D eigenvalue weighted by molar-refractivity contribution is 6.31. The number of nitrogens with zero attached hydrogens (tertiary/aromatic N) is 4. The monoisotopic (exact) mass is 449 g/mol. The molecular weight excluding hydrogens is 425 g/mol. The van der Waals surface area contributed by atoms with E-state index in [0.717, 1.165) is 12.8 Å². The van der Waals surface area contributed by atoms with Crippen LogP contribution in [0, 0.1) is 5.82 Å². The van der Waals surface area contributed by atoms with Crippen molar-refractivity contribution >= 4 is 29.2 Å². The van der Waals surface area contributed by atoms with Crippen molar-refractivity contribution in [3.05, 3.63) is 46.5 Å². The van der Waals surface area contributed by atoms with Crippen LogP contribution in [0.15, 0.2) is 24.4 Å². The summed E-state index contributed by atoms with van der Waals surface area (Å²) < 4.78 is 20.5. The lowest BCUT2D eigenvalue weighted by atomic mass is 10.1. The molecule has 1 aromatic heterocycles. The number of methoxy groups -OCH3 is 1. The largest absolute Gasteiger partial charge is 0.382 e. The number of fused-ring (bicyclic) bond motifs is 1. The van der Waals surface area contributed by atoms with Crippen LogP contribution in [0.25, 0.3) is 0 Å². The fourth-order valence-corrected chi connectivity index (χ4v) is 4.19. The van der Waals surface area contributed by atoms with E-state index in [1.54, 1.807) is 34.8 Å². The first-order valence-electron chi connectivity index (χ1n) is 10.1. The van der Waals surface area contributed by atoms with Gasteiger partial charge in [-0.15, -0.1) is 0 Å². The molecule has 2 heterocycles. The van der Waals surface area contributed by atoms with Crippen molar-refractivity contribution in [3.8, 4) is 0 Å². The van der Waals surface area contributed by atoms with Crippen molar-refractivity contribution in [3.63, 3.8) is 0 Å². The number of carbonyl (C=O) groups is 2. The minimum absolute atomic E-state index is 0.0662. The average Bonchev–Trinajstić information content (AvgIpc) is 3.41. The Morgan fingerprint density at radius 1 is 1.42 bits per heavy atom. The summed E-state index contributed by atoms with van der Waals surface area (Å²) in [6, 6.07) is 3.52. The summed E-state index contributed by atoms with van der Waals surface area (Å²) in [5, 5.41) is 7.06. The zero-order valence-corrected chi connectivity index (χ0v) is 18.4. The third-order valence-corrected chi connectivity index (χ3v) is 6.45. The summed E-state index contributed by atoms with van der Waals surface area (Å²) in [5.74, 6) is -0.680. The van der Waals surface area contributed by atoms with Crippen LogP contribution >= 0.6 is 11.6 Å². The van der Waals surface area contributed by atoms with E-state index < -0.39 is 5.82 Å². The molecule has 4 rings (SSSR count). The molecular formula is C21H25ClFN5O3. The molecule has 1 unspecified atom stereocenters. The van der Waals surface area contributed by atoms with Gasteiger partial charge in [0.25, 0.3) is 5.91 Å². The molecule has 1 atom stereocenters. The summed E-state index contributed by atoms with van der Waals surface area (Å²) in [5.41, 5.74) is 1.31. The summed E-state index contributed by atoms with van der Waals surface area (Å²) in [4.78, 5) is 29.5. The highest BCUT2D eigenvalue weighted by Crippen LogP contribution is 2.42. The lowest BCUT2D eigenvalue weighted by molar-refractivity contribution is 0.0547. The van der Waals surface area contributed by atoms with Crippen molar-refractivity contribution in [2.24, 2.45) is 0 Å². The van der Waals surface area contributed by atoms with Crippen molar-refractivity contribution in [1.82, 2.24) is 19.6 Å². The predicted molar refractivity (Wildman–Crippen MR) is 114 cm³/mol. The molecule has 0 spiro atoms. The predicted octanol–water partition coefficient (Wildman–Crippen LogP) is 3.36. The van der Waals surface area contributed by atoms with Gasteiger partial charge in [0, 0.05) is 19.8 Å². The molecule has 1 aliphatic heterocycles. The van der Waals surface area contributed by atoms with Crippen LogP contribution in [0.2, 0.25) is 5.02 Å². The van der Waals surface area contributed by atoms with Gasteiger partial charge < -0.3 is 19.9 Å². The lowest BCUT2D eigenvalue weighted by Gasteiger charge is -2.35. The number of nitrogens with one attached hydrogen (secondary N) is 1. The van der Waals surface area contributed by atoms with Gasteiger partial charge in [-0.1, -0.05) is 11.6 Å². The Morgan fingerprint density at radius 2 is 2.16 bits per heavy atom. The van der Waals surface area contributed by atoms with Gasteiger partial charge in [0.1, 0.15) is 5.82 Å². The molecule has 1 N–H and O–H groups in total. The summed E-state index contributed by atoms with van der Waals surface area (Å²) in [6.07, 6.45) is 3.38. The number of benzene rings is 1. The topological polar surface area (TPSA) is 79.7 Å². The van der Waals surface area contributed by atoms with Crippen LogP contribution in [0.1, 0.15) is 35.8 Å². The van der Waals surface area contributed by atoms with Gasteiger partial charge in [0.05, 0.1) is 53.8 Å².